The van der Waals surface area contributed by atoms with E-state index in [0.717, 1.165) is 6.20 Å². The molecule has 1 heterocycles. The Morgan fingerprint density at radius 3 is 2.53 bits per heavy atom. The normalized spacial score (nSPS) is 11.2. The average Bonchev–Trinajstić information content (AvgIpc) is 1.99. The van der Waals surface area contributed by atoms with Gasteiger partial charge in [-0.05, 0) is 0 Å². The number of rotatable bonds is 2. The van der Waals surface area contributed by atoms with E-state index in [1.54, 1.807) is 0 Å². The standard InChI is InChI=1S/C7H3ClF3NO3/c8-3-1-12-2-4(5(3)6(13)14)15-7(9,10)11/h1-2H,(H,13,14). The highest BCUT2D eigenvalue weighted by Gasteiger charge is 2.33. The minimum absolute atomic E-state index is 0.427. The van der Waals surface area contributed by atoms with Crippen molar-refractivity contribution in [2.75, 3.05) is 0 Å². The molecule has 8 heteroatoms. The molecule has 0 aliphatic carbocycles. The molecule has 0 unspecified atom stereocenters. The van der Waals surface area contributed by atoms with E-state index in [0.29, 0.717) is 6.20 Å². The van der Waals surface area contributed by atoms with Gasteiger partial charge in [-0.3, -0.25) is 4.98 Å². The molecule has 0 bridgehead atoms. The van der Waals surface area contributed by atoms with Gasteiger partial charge in [-0.1, -0.05) is 11.6 Å². The SMILES string of the molecule is O=C(O)c1c(Cl)cncc1OC(F)(F)F. The third-order valence-electron chi connectivity index (χ3n) is 1.30. The van der Waals surface area contributed by atoms with E-state index in [1.807, 2.05) is 0 Å². The monoisotopic (exact) mass is 241 g/mol. The van der Waals surface area contributed by atoms with Crippen molar-refractivity contribution >= 4 is 17.6 Å². The third-order valence-corrected chi connectivity index (χ3v) is 1.59. The van der Waals surface area contributed by atoms with Crippen molar-refractivity contribution in [3.05, 3.63) is 23.0 Å². The first-order chi connectivity index (χ1) is 6.81. The van der Waals surface area contributed by atoms with Crippen LogP contribution in [0.2, 0.25) is 5.02 Å². The Labute approximate surface area is 86.3 Å². The largest absolute Gasteiger partial charge is 0.573 e. The summed E-state index contributed by atoms with van der Waals surface area (Å²) in [5.74, 6) is -2.57. The molecule has 0 atom stereocenters. The van der Waals surface area contributed by atoms with Crippen LogP contribution >= 0.6 is 11.6 Å². The Bertz CT molecular complexity index is 394. The van der Waals surface area contributed by atoms with Gasteiger partial charge < -0.3 is 9.84 Å². The van der Waals surface area contributed by atoms with Crippen molar-refractivity contribution in [3.8, 4) is 5.75 Å². The van der Waals surface area contributed by atoms with Gasteiger partial charge in [-0.2, -0.15) is 0 Å². The van der Waals surface area contributed by atoms with Crippen LogP contribution in [-0.4, -0.2) is 22.4 Å². The lowest BCUT2D eigenvalue weighted by molar-refractivity contribution is -0.274. The van der Waals surface area contributed by atoms with Crippen molar-refractivity contribution in [3.63, 3.8) is 0 Å². The predicted octanol–water partition coefficient (Wildman–Crippen LogP) is 2.33. The Morgan fingerprint density at radius 1 is 1.47 bits per heavy atom. The van der Waals surface area contributed by atoms with Crippen LogP contribution in [0.25, 0.3) is 0 Å². The van der Waals surface area contributed by atoms with Crippen LogP contribution in [0.1, 0.15) is 10.4 Å². The Hall–Kier alpha value is -1.50. The fraction of sp³-hybridized carbons (Fsp3) is 0.143. The third kappa shape index (κ3) is 2.98. The smallest absolute Gasteiger partial charge is 0.477 e. The molecule has 0 saturated carbocycles. The number of alkyl halides is 3. The molecule has 0 saturated heterocycles. The fourth-order valence-electron chi connectivity index (χ4n) is 0.827. The molecule has 15 heavy (non-hydrogen) atoms. The second-order valence-electron chi connectivity index (χ2n) is 2.35. The van der Waals surface area contributed by atoms with Gasteiger partial charge in [-0.25, -0.2) is 4.79 Å². The predicted molar refractivity (Wildman–Crippen MR) is 42.9 cm³/mol. The summed E-state index contributed by atoms with van der Waals surface area (Å²) in [7, 11) is 0. The van der Waals surface area contributed by atoms with Crippen molar-refractivity contribution < 1.29 is 27.8 Å². The highest BCUT2D eigenvalue weighted by atomic mass is 35.5. The van der Waals surface area contributed by atoms with Crippen molar-refractivity contribution in [1.29, 1.82) is 0 Å². The van der Waals surface area contributed by atoms with Crippen molar-refractivity contribution in [1.82, 2.24) is 4.98 Å². The lowest BCUT2D eigenvalue weighted by atomic mass is 10.2. The second-order valence-corrected chi connectivity index (χ2v) is 2.75. The maximum absolute atomic E-state index is 11.8. The molecule has 1 N–H and O–H groups in total. The van der Waals surface area contributed by atoms with Gasteiger partial charge >= 0.3 is 12.3 Å². The number of pyridine rings is 1. The van der Waals surface area contributed by atoms with E-state index in [-0.39, 0.29) is 0 Å². The molecule has 1 rings (SSSR count). The lowest BCUT2D eigenvalue weighted by Gasteiger charge is -2.10. The number of hydrogen-bond donors (Lipinski definition) is 1. The number of aromatic nitrogens is 1. The maximum Gasteiger partial charge on any atom is 0.573 e. The summed E-state index contributed by atoms with van der Waals surface area (Å²) in [6.45, 7) is 0. The molecule has 0 fully saturated rings. The zero-order chi connectivity index (χ0) is 11.6. The van der Waals surface area contributed by atoms with E-state index >= 15 is 0 Å². The molecule has 0 amide bonds. The summed E-state index contributed by atoms with van der Waals surface area (Å²) in [6.07, 6.45) is -3.45. The van der Waals surface area contributed by atoms with Crippen LogP contribution in [0.5, 0.6) is 5.75 Å². The van der Waals surface area contributed by atoms with Gasteiger partial charge in [0.15, 0.2) is 5.75 Å². The second kappa shape index (κ2) is 3.93. The van der Waals surface area contributed by atoms with Crippen LogP contribution in [0.4, 0.5) is 13.2 Å². The highest BCUT2D eigenvalue weighted by molar-refractivity contribution is 6.33. The van der Waals surface area contributed by atoms with Crippen LogP contribution in [-0.2, 0) is 0 Å². The number of carboxylic acids is 1. The first-order valence-electron chi connectivity index (χ1n) is 3.44. The lowest BCUT2D eigenvalue weighted by Crippen LogP contribution is -2.19. The molecule has 0 spiro atoms. The number of aromatic carboxylic acids is 1. The minimum atomic E-state index is -4.99. The first kappa shape index (κ1) is 11.6. The fourth-order valence-corrected chi connectivity index (χ4v) is 1.06. The Morgan fingerprint density at radius 2 is 2.07 bits per heavy atom. The quantitative estimate of drug-likeness (QED) is 0.863. The van der Waals surface area contributed by atoms with Crippen molar-refractivity contribution in [2.45, 2.75) is 6.36 Å². The molecule has 1 aromatic heterocycles. The van der Waals surface area contributed by atoms with Crippen LogP contribution in [0.3, 0.4) is 0 Å². The number of nitrogens with zero attached hydrogens (tertiary/aromatic N) is 1. The van der Waals surface area contributed by atoms with Crippen LogP contribution in [0, 0.1) is 0 Å². The molecular formula is C7H3ClF3NO3. The number of carbonyl (C=O) groups is 1. The molecular weight excluding hydrogens is 239 g/mol. The van der Waals surface area contributed by atoms with E-state index in [2.05, 4.69) is 9.72 Å². The molecule has 4 nitrogen and oxygen atoms in total. The van der Waals surface area contributed by atoms with E-state index in [1.165, 1.54) is 0 Å². The van der Waals surface area contributed by atoms with Gasteiger partial charge in [0.05, 0.1) is 11.2 Å². The van der Waals surface area contributed by atoms with Gasteiger partial charge in [-0.15, -0.1) is 13.2 Å². The topological polar surface area (TPSA) is 59.4 Å². The van der Waals surface area contributed by atoms with Gasteiger partial charge in [0.1, 0.15) is 5.56 Å². The minimum Gasteiger partial charge on any atom is -0.477 e. The number of ether oxygens (including phenoxy) is 1. The molecule has 0 radical (unpaired) electrons. The summed E-state index contributed by atoms with van der Waals surface area (Å²) in [4.78, 5) is 13.9. The maximum atomic E-state index is 11.8. The van der Waals surface area contributed by atoms with Gasteiger partial charge in [0.2, 0.25) is 0 Å². The first-order valence-corrected chi connectivity index (χ1v) is 3.81. The summed E-state index contributed by atoms with van der Waals surface area (Å²) in [5.41, 5.74) is -0.774. The summed E-state index contributed by atoms with van der Waals surface area (Å²) >= 11 is 5.36. The molecule has 82 valence electrons. The number of hydrogen-bond acceptors (Lipinski definition) is 3. The zero-order valence-corrected chi connectivity index (χ0v) is 7.63. The Kier molecular flexibility index (Phi) is 3.04. The van der Waals surface area contributed by atoms with Gasteiger partial charge in [0, 0.05) is 6.20 Å². The van der Waals surface area contributed by atoms with Crippen LogP contribution < -0.4 is 4.74 Å². The van der Waals surface area contributed by atoms with Gasteiger partial charge in [0.25, 0.3) is 0 Å². The average molecular weight is 242 g/mol. The van der Waals surface area contributed by atoms with Crippen LogP contribution in [0.15, 0.2) is 12.4 Å². The zero-order valence-electron chi connectivity index (χ0n) is 6.88. The Balaban J connectivity index is 3.18. The van der Waals surface area contributed by atoms with E-state index < -0.39 is 28.7 Å². The summed E-state index contributed by atoms with van der Waals surface area (Å²) < 4.78 is 38.9. The number of carboxylic acid groups (broad SMARTS) is 1. The molecule has 0 aliphatic rings. The molecule has 1 aromatic rings. The van der Waals surface area contributed by atoms with E-state index in [9.17, 15) is 18.0 Å². The van der Waals surface area contributed by atoms with E-state index in [4.69, 9.17) is 16.7 Å². The number of halogens is 4. The molecule has 0 aliphatic heterocycles. The van der Waals surface area contributed by atoms with Crippen molar-refractivity contribution in [2.24, 2.45) is 0 Å². The highest BCUT2D eigenvalue weighted by Crippen LogP contribution is 2.29. The molecule has 0 aromatic carbocycles. The summed E-state index contributed by atoms with van der Waals surface area (Å²) in [6, 6.07) is 0. The summed E-state index contributed by atoms with van der Waals surface area (Å²) in [5, 5.41) is 8.16.